The maximum Gasteiger partial charge on any atom is 0.433 e. The Morgan fingerprint density at radius 1 is 1.10 bits per heavy atom. The highest BCUT2D eigenvalue weighted by Gasteiger charge is 2.34. The second-order valence-electron chi connectivity index (χ2n) is 4.11. The van der Waals surface area contributed by atoms with Crippen molar-refractivity contribution in [2.75, 3.05) is 11.9 Å². The zero-order valence-corrected chi connectivity index (χ0v) is 10.8. The summed E-state index contributed by atoms with van der Waals surface area (Å²) < 4.78 is 64.9. The third-order valence-corrected chi connectivity index (χ3v) is 2.56. The molecule has 112 valence electrons. The van der Waals surface area contributed by atoms with E-state index in [9.17, 15) is 22.0 Å². The first-order chi connectivity index (χ1) is 9.81. The number of hydrogen-bond acceptors (Lipinski definition) is 3. The van der Waals surface area contributed by atoms with Gasteiger partial charge >= 0.3 is 6.18 Å². The lowest BCUT2D eigenvalue weighted by molar-refractivity contribution is -0.141. The minimum atomic E-state index is -4.70. The van der Waals surface area contributed by atoms with Crippen LogP contribution in [0.25, 0.3) is 11.3 Å². The Labute approximate surface area is 116 Å². The summed E-state index contributed by atoms with van der Waals surface area (Å²) in [4.78, 5) is 7.14. The van der Waals surface area contributed by atoms with E-state index in [1.165, 1.54) is 0 Å². The van der Waals surface area contributed by atoms with E-state index in [0.717, 1.165) is 12.1 Å². The van der Waals surface area contributed by atoms with Crippen molar-refractivity contribution in [3.05, 3.63) is 41.6 Å². The molecule has 0 spiro atoms. The molecule has 0 aliphatic rings. The summed E-state index contributed by atoms with van der Waals surface area (Å²) in [5, 5.41) is 2.54. The highest BCUT2D eigenvalue weighted by atomic mass is 19.4. The fraction of sp³-hybridized carbons (Fsp3) is 0.231. The average molecular weight is 303 g/mol. The number of halogens is 5. The number of benzene rings is 1. The molecular weight excluding hydrogens is 293 g/mol. The lowest BCUT2D eigenvalue weighted by Crippen LogP contribution is -2.12. The van der Waals surface area contributed by atoms with Crippen LogP contribution in [-0.2, 0) is 6.18 Å². The third-order valence-electron chi connectivity index (χ3n) is 2.56. The van der Waals surface area contributed by atoms with Gasteiger partial charge < -0.3 is 5.32 Å². The Kier molecular flexibility index (Phi) is 4.06. The van der Waals surface area contributed by atoms with Crippen LogP contribution in [0.2, 0.25) is 0 Å². The first-order valence-corrected chi connectivity index (χ1v) is 5.97. The lowest BCUT2D eigenvalue weighted by atomic mass is 10.1. The zero-order chi connectivity index (χ0) is 15.6. The van der Waals surface area contributed by atoms with Gasteiger partial charge in [0.15, 0.2) is 5.69 Å². The van der Waals surface area contributed by atoms with Crippen LogP contribution in [0.5, 0.6) is 0 Å². The first kappa shape index (κ1) is 15.1. The number of anilines is 1. The van der Waals surface area contributed by atoms with Crippen molar-refractivity contribution in [3.63, 3.8) is 0 Å². The Morgan fingerprint density at radius 3 is 2.38 bits per heavy atom. The predicted molar refractivity (Wildman–Crippen MR) is 66.5 cm³/mol. The van der Waals surface area contributed by atoms with Gasteiger partial charge in [0.2, 0.25) is 5.95 Å². The van der Waals surface area contributed by atoms with Gasteiger partial charge in [-0.25, -0.2) is 18.7 Å². The molecule has 0 amide bonds. The molecule has 1 aromatic heterocycles. The normalized spacial score (nSPS) is 11.5. The van der Waals surface area contributed by atoms with Crippen LogP contribution >= 0.6 is 0 Å². The summed E-state index contributed by atoms with van der Waals surface area (Å²) in [6.07, 6.45) is -4.70. The lowest BCUT2D eigenvalue weighted by Gasteiger charge is -2.11. The molecule has 0 aliphatic carbocycles. The van der Waals surface area contributed by atoms with Crippen LogP contribution in [0.15, 0.2) is 24.3 Å². The van der Waals surface area contributed by atoms with E-state index >= 15 is 0 Å². The molecule has 3 nitrogen and oxygen atoms in total. The van der Waals surface area contributed by atoms with E-state index in [2.05, 4.69) is 15.3 Å². The van der Waals surface area contributed by atoms with Gasteiger partial charge in [0.25, 0.3) is 0 Å². The van der Waals surface area contributed by atoms with Crippen LogP contribution in [0, 0.1) is 11.6 Å². The molecule has 2 aromatic rings. The molecule has 21 heavy (non-hydrogen) atoms. The van der Waals surface area contributed by atoms with Gasteiger partial charge in [-0.05, 0) is 25.1 Å². The van der Waals surface area contributed by atoms with Gasteiger partial charge in [0.05, 0.1) is 5.69 Å². The molecule has 8 heteroatoms. The van der Waals surface area contributed by atoms with Crippen LogP contribution in [0.4, 0.5) is 27.9 Å². The van der Waals surface area contributed by atoms with E-state index in [-0.39, 0.29) is 17.2 Å². The zero-order valence-electron chi connectivity index (χ0n) is 10.8. The fourth-order valence-corrected chi connectivity index (χ4v) is 1.66. The number of alkyl halides is 3. The quantitative estimate of drug-likeness (QED) is 0.875. The first-order valence-electron chi connectivity index (χ1n) is 5.97. The molecule has 0 saturated carbocycles. The second kappa shape index (κ2) is 5.63. The van der Waals surface area contributed by atoms with Crippen molar-refractivity contribution in [1.29, 1.82) is 0 Å². The fourth-order valence-electron chi connectivity index (χ4n) is 1.66. The molecular formula is C13H10F5N3. The minimum Gasteiger partial charge on any atom is -0.354 e. The van der Waals surface area contributed by atoms with Crippen LogP contribution < -0.4 is 5.32 Å². The Bertz CT molecular complexity index is 655. The summed E-state index contributed by atoms with van der Waals surface area (Å²) in [6.45, 7) is 1.95. The smallest absolute Gasteiger partial charge is 0.354 e. The summed E-state index contributed by atoms with van der Waals surface area (Å²) in [6, 6.07) is 3.18. The molecule has 1 heterocycles. The second-order valence-corrected chi connectivity index (χ2v) is 4.11. The van der Waals surface area contributed by atoms with E-state index in [4.69, 9.17) is 0 Å². The van der Waals surface area contributed by atoms with Crippen LogP contribution in [0.1, 0.15) is 12.6 Å². The number of aromatic nitrogens is 2. The number of rotatable bonds is 3. The number of nitrogens with one attached hydrogen (secondary N) is 1. The highest BCUT2D eigenvalue weighted by molar-refractivity contribution is 5.61. The van der Waals surface area contributed by atoms with Crippen molar-refractivity contribution >= 4 is 5.95 Å². The van der Waals surface area contributed by atoms with E-state index < -0.39 is 23.5 Å². The molecule has 0 atom stereocenters. The number of hydrogen-bond donors (Lipinski definition) is 1. The Balaban J connectivity index is 2.59. The monoisotopic (exact) mass is 303 g/mol. The summed E-state index contributed by atoms with van der Waals surface area (Å²) in [7, 11) is 0. The van der Waals surface area contributed by atoms with Crippen molar-refractivity contribution in [1.82, 2.24) is 9.97 Å². The van der Waals surface area contributed by atoms with Crippen molar-refractivity contribution in [2.24, 2.45) is 0 Å². The Morgan fingerprint density at radius 2 is 1.81 bits per heavy atom. The van der Waals surface area contributed by atoms with Gasteiger partial charge in [-0.15, -0.1) is 0 Å². The predicted octanol–water partition coefficient (Wildman–Crippen LogP) is 3.87. The molecule has 0 unspecified atom stereocenters. The van der Waals surface area contributed by atoms with Gasteiger partial charge in [-0.3, -0.25) is 0 Å². The van der Waals surface area contributed by atoms with E-state index in [1.807, 2.05) is 0 Å². The topological polar surface area (TPSA) is 37.8 Å². The van der Waals surface area contributed by atoms with Crippen molar-refractivity contribution in [2.45, 2.75) is 13.1 Å². The van der Waals surface area contributed by atoms with Gasteiger partial charge in [0, 0.05) is 18.2 Å². The van der Waals surface area contributed by atoms with Crippen molar-refractivity contribution in [3.8, 4) is 11.3 Å². The molecule has 1 aromatic carbocycles. The third kappa shape index (κ3) is 3.45. The highest BCUT2D eigenvalue weighted by Crippen LogP contribution is 2.31. The van der Waals surface area contributed by atoms with Gasteiger partial charge in [-0.1, -0.05) is 0 Å². The maximum absolute atomic E-state index is 13.7. The molecule has 0 aliphatic heterocycles. The summed E-state index contributed by atoms with van der Waals surface area (Å²) in [5.41, 5.74) is -1.71. The Hall–Kier alpha value is -2.25. The van der Waals surface area contributed by atoms with Gasteiger partial charge in [0.1, 0.15) is 11.6 Å². The molecule has 0 bridgehead atoms. The van der Waals surface area contributed by atoms with E-state index in [0.29, 0.717) is 18.7 Å². The van der Waals surface area contributed by atoms with E-state index in [1.54, 1.807) is 6.92 Å². The largest absolute Gasteiger partial charge is 0.433 e. The van der Waals surface area contributed by atoms with Crippen LogP contribution in [0.3, 0.4) is 0 Å². The molecule has 0 radical (unpaired) electrons. The minimum absolute atomic E-state index is 0.233. The van der Waals surface area contributed by atoms with Crippen LogP contribution in [-0.4, -0.2) is 16.5 Å². The molecule has 0 fully saturated rings. The average Bonchev–Trinajstić information content (AvgIpc) is 2.37. The van der Waals surface area contributed by atoms with Crippen molar-refractivity contribution < 1.29 is 22.0 Å². The van der Waals surface area contributed by atoms with Gasteiger partial charge in [-0.2, -0.15) is 13.2 Å². The standard InChI is InChI=1S/C13H10F5N3/c1-2-19-12-20-10(6-11(21-12)13(16,17)18)8-4-3-7(14)5-9(8)15/h3-6H,2H2,1H3,(H,19,20,21). The number of nitrogens with zero attached hydrogens (tertiary/aromatic N) is 2. The SMILES string of the molecule is CCNc1nc(-c2ccc(F)cc2F)cc(C(F)(F)F)n1. The molecule has 1 N–H and O–H groups in total. The summed E-state index contributed by atoms with van der Waals surface area (Å²) >= 11 is 0. The molecule has 2 rings (SSSR count). The summed E-state index contributed by atoms with van der Waals surface area (Å²) in [5.74, 6) is -2.09. The maximum atomic E-state index is 13.7. The molecule has 0 saturated heterocycles.